The van der Waals surface area contributed by atoms with Crippen LogP contribution in [-0.4, -0.2) is 26.6 Å². The van der Waals surface area contributed by atoms with E-state index in [0.29, 0.717) is 5.92 Å². The van der Waals surface area contributed by atoms with Crippen LogP contribution in [0.3, 0.4) is 0 Å². The zero-order valence-electron chi connectivity index (χ0n) is 17.3. The third-order valence-electron chi connectivity index (χ3n) is 5.92. The number of aromatic amines is 1. The van der Waals surface area contributed by atoms with Gasteiger partial charge in [-0.05, 0) is 66.5 Å². The van der Waals surface area contributed by atoms with Crippen molar-refractivity contribution in [2.24, 2.45) is 0 Å². The maximum atomic E-state index is 13.0. The number of hydrogen-bond acceptors (Lipinski definition) is 1. The molecule has 1 fully saturated rings. The van der Waals surface area contributed by atoms with E-state index in [9.17, 15) is 4.21 Å². The highest BCUT2D eigenvalue weighted by Gasteiger charge is 2.26. The van der Waals surface area contributed by atoms with Gasteiger partial charge in [-0.1, -0.05) is 44.5 Å². The molecular weight excluding hydrogens is 364 g/mol. The molecule has 1 N–H and O–H groups in total. The molecule has 0 radical (unpaired) electrons. The third-order valence-corrected chi connectivity index (χ3v) is 7.43. The second-order valence-electron chi connectivity index (χ2n) is 9.02. The summed E-state index contributed by atoms with van der Waals surface area (Å²) < 4.78 is 15.2. The van der Waals surface area contributed by atoms with Gasteiger partial charge in [0.2, 0.25) is 0 Å². The van der Waals surface area contributed by atoms with Crippen LogP contribution in [0.25, 0.3) is 10.9 Å². The normalized spacial score (nSPS) is 17.9. The van der Waals surface area contributed by atoms with Gasteiger partial charge in [-0.15, -0.1) is 0 Å². The Hall–Kier alpha value is -1.91. The van der Waals surface area contributed by atoms with E-state index >= 15 is 0 Å². The van der Waals surface area contributed by atoms with Crippen LogP contribution in [-0.2, 0) is 16.4 Å². The minimum Gasteiger partial charge on any atom is -0.361 e. The molecule has 0 aliphatic carbocycles. The maximum Gasteiger partial charge on any atom is 0.127 e. The van der Waals surface area contributed by atoms with Crippen LogP contribution >= 0.6 is 0 Å². The smallest absolute Gasteiger partial charge is 0.127 e. The number of hydrogen-bond donors (Lipinski definition) is 1. The third kappa shape index (κ3) is 3.81. The van der Waals surface area contributed by atoms with E-state index in [4.69, 9.17) is 0 Å². The van der Waals surface area contributed by atoms with Crippen LogP contribution in [0.5, 0.6) is 0 Å². The highest BCUT2D eigenvalue weighted by molar-refractivity contribution is 7.82. The summed E-state index contributed by atoms with van der Waals surface area (Å²) in [4.78, 5) is 4.33. The molecule has 1 saturated heterocycles. The van der Waals surface area contributed by atoms with Gasteiger partial charge in [-0.2, -0.15) is 0 Å². The van der Waals surface area contributed by atoms with Gasteiger partial charge in [0.1, 0.15) is 11.0 Å². The first kappa shape index (κ1) is 19.4. The van der Waals surface area contributed by atoms with Crippen LogP contribution in [0.1, 0.15) is 56.2 Å². The Morgan fingerprint density at radius 1 is 1.04 bits per heavy atom. The van der Waals surface area contributed by atoms with Crippen molar-refractivity contribution in [2.45, 2.75) is 56.8 Å². The summed E-state index contributed by atoms with van der Waals surface area (Å²) in [6.45, 7) is 10.5. The number of aromatic nitrogens is 1. The van der Waals surface area contributed by atoms with Gasteiger partial charge in [-0.25, -0.2) is 8.51 Å². The van der Waals surface area contributed by atoms with Crippen molar-refractivity contribution in [1.82, 2.24) is 9.29 Å². The number of aryl methyl sites for hydroxylation is 1. The Kier molecular flexibility index (Phi) is 5.19. The van der Waals surface area contributed by atoms with E-state index < -0.39 is 11.0 Å². The highest BCUT2D eigenvalue weighted by Crippen LogP contribution is 2.34. The first-order chi connectivity index (χ1) is 13.3. The minimum absolute atomic E-state index is 0.121. The Balaban J connectivity index is 1.45. The van der Waals surface area contributed by atoms with Gasteiger partial charge >= 0.3 is 0 Å². The van der Waals surface area contributed by atoms with Crippen LogP contribution in [0, 0.1) is 6.92 Å². The molecule has 3 nitrogen and oxygen atoms in total. The molecule has 4 rings (SSSR count). The summed E-state index contributed by atoms with van der Waals surface area (Å²) in [5.74, 6) is 0.534. The van der Waals surface area contributed by atoms with Gasteiger partial charge in [0.25, 0.3) is 0 Å². The standard InChI is InChI=1S/C24H30N2OS/c1-17-5-10-23-21(15-17)22(16-25-23)18-11-13-26(14-12-18)28(27)20-8-6-19(7-9-20)24(2,3)4/h5-10,15-16,18,25H,11-14H2,1-4H3. The average Bonchev–Trinajstić information content (AvgIpc) is 3.10. The fourth-order valence-corrected chi connectivity index (χ4v) is 5.36. The summed E-state index contributed by atoms with van der Waals surface area (Å²) >= 11 is 0. The lowest BCUT2D eigenvalue weighted by molar-refractivity contribution is 0.335. The van der Waals surface area contributed by atoms with Gasteiger partial charge < -0.3 is 4.98 Å². The maximum absolute atomic E-state index is 13.0. The molecule has 1 unspecified atom stereocenters. The zero-order valence-corrected chi connectivity index (χ0v) is 18.1. The van der Waals surface area contributed by atoms with Crippen LogP contribution in [0.4, 0.5) is 0 Å². The minimum atomic E-state index is -1.07. The number of H-pyrrole nitrogens is 1. The van der Waals surface area contributed by atoms with Crippen molar-refractivity contribution in [2.75, 3.05) is 13.1 Å². The van der Waals surface area contributed by atoms with Gasteiger partial charge in [0, 0.05) is 30.2 Å². The Morgan fingerprint density at radius 3 is 2.36 bits per heavy atom. The molecule has 1 aromatic heterocycles. The van der Waals surface area contributed by atoms with E-state index in [1.54, 1.807) is 0 Å². The van der Waals surface area contributed by atoms with Crippen molar-refractivity contribution < 1.29 is 4.21 Å². The highest BCUT2D eigenvalue weighted by atomic mass is 32.2. The Bertz CT molecular complexity index is 990. The Labute approximate surface area is 170 Å². The quantitative estimate of drug-likeness (QED) is 0.610. The predicted octanol–water partition coefficient (Wildman–Crippen LogP) is 5.68. The number of fused-ring (bicyclic) bond motifs is 1. The molecule has 0 spiro atoms. The zero-order chi connectivity index (χ0) is 19.9. The van der Waals surface area contributed by atoms with Gasteiger partial charge in [0.05, 0.1) is 4.90 Å². The number of benzene rings is 2. The topological polar surface area (TPSA) is 36.1 Å². The number of nitrogens with one attached hydrogen (secondary N) is 1. The van der Waals surface area contributed by atoms with Crippen molar-refractivity contribution in [3.05, 3.63) is 65.4 Å². The first-order valence-electron chi connectivity index (χ1n) is 10.2. The molecule has 1 aliphatic heterocycles. The van der Waals surface area contributed by atoms with E-state index in [2.05, 4.69) is 73.5 Å². The molecule has 2 aromatic carbocycles. The fraction of sp³-hybridized carbons (Fsp3) is 0.417. The van der Waals surface area contributed by atoms with Gasteiger partial charge in [0.15, 0.2) is 0 Å². The van der Waals surface area contributed by atoms with Crippen LogP contribution < -0.4 is 0 Å². The van der Waals surface area contributed by atoms with E-state index in [-0.39, 0.29) is 5.41 Å². The fourth-order valence-electron chi connectivity index (χ4n) is 4.15. The second kappa shape index (κ2) is 7.49. The molecule has 4 heteroatoms. The number of rotatable bonds is 3. The van der Waals surface area contributed by atoms with Crippen molar-refractivity contribution in [3.63, 3.8) is 0 Å². The lowest BCUT2D eigenvalue weighted by Crippen LogP contribution is -2.34. The summed E-state index contributed by atoms with van der Waals surface area (Å²) in [5.41, 5.74) is 5.33. The molecule has 0 saturated carbocycles. The lowest BCUT2D eigenvalue weighted by Gasteiger charge is -2.31. The summed E-state index contributed by atoms with van der Waals surface area (Å²) in [5, 5.41) is 1.34. The van der Waals surface area contributed by atoms with Crippen molar-refractivity contribution >= 4 is 21.9 Å². The summed E-state index contributed by atoms with van der Waals surface area (Å²) in [6.07, 6.45) is 4.27. The van der Waals surface area contributed by atoms with Crippen LogP contribution in [0.2, 0.25) is 0 Å². The first-order valence-corrected chi connectivity index (χ1v) is 11.3. The molecular formula is C24H30N2OS. The second-order valence-corrected chi connectivity index (χ2v) is 10.5. The SMILES string of the molecule is Cc1ccc2[nH]cc(C3CCN(S(=O)c4ccc(C(C)(C)C)cc4)CC3)c2c1. The van der Waals surface area contributed by atoms with E-state index in [1.165, 1.54) is 27.6 Å². The summed E-state index contributed by atoms with van der Waals surface area (Å²) in [7, 11) is -1.07. The predicted molar refractivity (Wildman–Crippen MR) is 118 cm³/mol. The number of piperidine rings is 1. The van der Waals surface area contributed by atoms with Crippen LogP contribution in [0.15, 0.2) is 53.6 Å². The average molecular weight is 395 g/mol. The van der Waals surface area contributed by atoms with Gasteiger partial charge in [-0.3, -0.25) is 0 Å². The van der Waals surface area contributed by atoms with Crippen molar-refractivity contribution in [1.29, 1.82) is 0 Å². The molecule has 148 valence electrons. The largest absolute Gasteiger partial charge is 0.361 e. The Morgan fingerprint density at radius 2 is 1.71 bits per heavy atom. The van der Waals surface area contributed by atoms with E-state index in [0.717, 1.165) is 30.8 Å². The molecule has 2 heterocycles. The summed E-state index contributed by atoms with van der Waals surface area (Å²) in [6, 6.07) is 14.9. The van der Waals surface area contributed by atoms with E-state index in [1.807, 2.05) is 12.1 Å². The molecule has 1 aliphatic rings. The molecule has 0 bridgehead atoms. The lowest BCUT2D eigenvalue weighted by atomic mass is 9.87. The molecule has 28 heavy (non-hydrogen) atoms. The van der Waals surface area contributed by atoms with Crippen molar-refractivity contribution in [3.8, 4) is 0 Å². The monoisotopic (exact) mass is 394 g/mol. The molecule has 0 amide bonds. The molecule has 3 aromatic rings. The molecule has 1 atom stereocenters. The number of nitrogens with zero attached hydrogens (tertiary/aromatic N) is 1.